The quantitative estimate of drug-likeness (QED) is 0.832. The summed E-state index contributed by atoms with van der Waals surface area (Å²) in [5.41, 5.74) is 1.03. The molecule has 3 rings (SSSR count). The van der Waals surface area contributed by atoms with Gasteiger partial charge in [-0.3, -0.25) is 9.69 Å². The molecule has 2 aromatic rings. The molecule has 1 aromatic carbocycles. The summed E-state index contributed by atoms with van der Waals surface area (Å²) in [6, 6.07) is 9.72. The number of hydrogen-bond acceptors (Lipinski definition) is 5. The minimum Gasteiger partial charge on any atom is -0.337 e. The van der Waals surface area contributed by atoms with Gasteiger partial charge in [-0.15, -0.1) is 10.2 Å². The first-order chi connectivity index (χ1) is 12.0. The fourth-order valence-corrected chi connectivity index (χ4v) is 3.27. The largest absolute Gasteiger partial charge is 0.337 e. The van der Waals surface area contributed by atoms with Crippen molar-refractivity contribution in [3.63, 3.8) is 0 Å². The third-order valence-electron chi connectivity index (χ3n) is 4.81. The number of aromatic nitrogens is 3. The van der Waals surface area contributed by atoms with Crippen molar-refractivity contribution >= 4 is 11.9 Å². The van der Waals surface area contributed by atoms with Crippen LogP contribution in [0.4, 0.5) is 5.95 Å². The zero-order valence-corrected chi connectivity index (χ0v) is 15.4. The Morgan fingerprint density at radius 1 is 1.08 bits per heavy atom. The van der Waals surface area contributed by atoms with Crippen LogP contribution in [-0.2, 0) is 11.8 Å². The summed E-state index contributed by atoms with van der Waals surface area (Å²) < 4.78 is 1.99. The van der Waals surface area contributed by atoms with E-state index in [1.807, 2.05) is 72.8 Å². The summed E-state index contributed by atoms with van der Waals surface area (Å²) in [5.74, 6) is 1.92. The molecule has 1 atom stereocenters. The highest BCUT2D eigenvalue weighted by atomic mass is 16.2. The molecule has 1 aliphatic heterocycles. The van der Waals surface area contributed by atoms with Gasteiger partial charge in [0.05, 0.1) is 0 Å². The Hall–Kier alpha value is -2.41. The number of aryl methyl sites for hydroxylation is 1. The molecular weight excluding hydrogens is 316 g/mol. The lowest BCUT2D eigenvalue weighted by molar-refractivity contribution is -0.136. The molecule has 0 spiro atoms. The normalized spacial score (nSPS) is 16.4. The molecule has 7 nitrogen and oxygen atoms in total. The van der Waals surface area contributed by atoms with E-state index in [4.69, 9.17) is 0 Å². The molecule has 0 unspecified atom stereocenters. The molecule has 1 fully saturated rings. The average molecular weight is 342 g/mol. The van der Waals surface area contributed by atoms with Crippen LogP contribution in [0.25, 0.3) is 0 Å². The number of hydrogen-bond donors (Lipinski definition) is 0. The molecule has 25 heavy (non-hydrogen) atoms. The van der Waals surface area contributed by atoms with E-state index in [-0.39, 0.29) is 11.9 Å². The second kappa shape index (κ2) is 7.23. The number of amides is 1. The van der Waals surface area contributed by atoms with Crippen LogP contribution >= 0.6 is 0 Å². The van der Waals surface area contributed by atoms with Crippen LogP contribution in [0.2, 0.25) is 0 Å². The lowest BCUT2D eigenvalue weighted by Crippen LogP contribution is -2.52. The number of nitrogens with zero attached hydrogens (tertiary/aromatic N) is 6. The molecule has 0 bridgehead atoms. The number of likely N-dealkylation sites (N-methyl/N-ethyl adjacent to an activating group) is 1. The highest BCUT2D eigenvalue weighted by Gasteiger charge is 2.30. The van der Waals surface area contributed by atoms with Crippen LogP contribution in [-0.4, -0.2) is 70.7 Å². The molecular formula is C18H26N6O. The highest BCUT2D eigenvalue weighted by Crippen LogP contribution is 2.22. The lowest BCUT2D eigenvalue weighted by Gasteiger charge is -2.38. The van der Waals surface area contributed by atoms with Crippen LogP contribution in [0.5, 0.6) is 0 Å². The van der Waals surface area contributed by atoms with E-state index in [9.17, 15) is 4.79 Å². The molecule has 1 amide bonds. The first-order valence-electron chi connectivity index (χ1n) is 8.60. The Balaban J connectivity index is 1.69. The molecule has 0 radical (unpaired) electrons. The highest BCUT2D eigenvalue weighted by molar-refractivity contribution is 5.83. The van der Waals surface area contributed by atoms with E-state index in [2.05, 4.69) is 15.1 Å². The van der Waals surface area contributed by atoms with Crippen molar-refractivity contribution in [2.75, 3.05) is 45.2 Å². The summed E-state index contributed by atoms with van der Waals surface area (Å²) >= 11 is 0. The van der Waals surface area contributed by atoms with E-state index >= 15 is 0 Å². The van der Waals surface area contributed by atoms with Crippen molar-refractivity contribution in [2.24, 2.45) is 7.05 Å². The first-order valence-corrected chi connectivity index (χ1v) is 8.60. The maximum Gasteiger partial charge on any atom is 0.244 e. The molecule has 134 valence electrons. The van der Waals surface area contributed by atoms with Crippen molar-refractivity contribution in [3.05, 3.63) is 41.7 Å². The van der Waals surface area contributed by atoms with E-state index in [1.165, 1.54) is 0 Å². The van der Waals surface area contributed by atoms with Crippen LogP contribution in [0.3, 0.4) is 0 Å². The van der Waals surface area contributed by atoms with Crippen molar-refractivity contribution < 1.29 is 4.79 Å². The van der Waals surface area contributed by atoms with Gasteiger partial charge in [-0.25, -0.2) is 0 Å². The predicted octanol–water partition coefficient (Wildman–Crippen LogP) is 1.08. The fourth-order valence-electron chi connectivity index (χ4n) is 3.27. The number of carbonyl (C=O) groups excluding carboxylic acids is 1. The van der Waals surface area contributed by atoms with Crippen LogP contribution in [0, 0.1) is 6.92 Å². The topological polar surface area (TPSA) is 57.5 Å². The summed E-state index contributed by atoms with van der Waals surface area (Å²) in [5, 5.41) is 8.37. The Morgan fingerprint density at radius 3 is 2.24 bits per heavy atom. The number of carbonyl (C=O) groups is 1. The average Bonchev–Trinajstić information content (AvgIpc) is 2.95. The van der Waals surface area contributed by atoms with Gasteiger partial charge in [-0.05, 0) is 26.6 Å². The lowest BCUT2D eigenvalue weighted by atomic mass is 10.0. The van der Waals surface area contributed by atoms with Gasteiger partial charge in [0.25, 0.3) is 0 Å². The molecule has 0 aliphatic carbocycles. The SMILES string of the molecule is Cc1nnc(N2CCN(C(=O)[C@@H](c3ccccc3)N(C)C)CC2)n1C. The first kappa shape index (κ1) is 17.4. The molecule has 0 saturated carbocycles. The molecule has 1 saturated heterocycles. The summed E-state index contributed by atoms with van der Waals surface area (Å²) in [7, 11) is 5.88. The van der Waals surface area contributed by atoms with Crippen molar-refractivity contribution in [2.45, 2.75) is 13.0 Å². The third kappa shape index (κ3) is 3.51. The van der Waals surface area contributed by atoms with E-state index in [0.717, 1.165) is 30.4 Å². The van der Waals surface area contributed by atoms with Gasteiger partial charge in [0.1, 0.15) is 11.9 Å². The van der Waals surface area contributed by atoms with Gasteiger partial charge in [0, 0.05) is 33.2 Å². The van der Waals surface area contributed by atoms with Crippen molar-refractivity contribution in [3.8, 4) is 0 Å². The van der Waals surface area contributed by atoms with Gasteiger partial charge in [-0.1, -0.05) is 30.3 Å². The molecule has 7 heteroatoms. The fraction of sp³-hybridized carbons (Fsp3) is 0.500. The Kier molecular flexibility index (Phi) is 5.03. The third-order valence-corrected chi connectivity index (χ3v) is 4.81. The van der Waals surface area contributed by atoms with Crippen LogP contribution in [0.15, 0.2) is 30.3 Å². The molecule has 2 heterocycles. The van der Waals surface area contributed by atoms with Gasteiger partial charge in [0.15, 0.2) is 0 Å². The van der Waals surface area contributed by atoms with Crippen molar-refractivity contribution in [1.82, 2.24) is 24.6 Å². The minimum absolute atomic E-state index is 0.157. The summed E-state index contributed by atoms with van der Waals surface area (Å²) in [4.78, 5) is 19.2. The Labute approximate surface area is 148 Å². The molecule has 1 aromatic heterocycles. The number of benzene rings is 1. The maximum atomic E-state index is 13.1. The van der Waals surface area contributed by atoms with Gasteiger partial charge in [0.2, 0.25) is 11.9 Å². The second-order valence-corrected chi connectivity index (χ2v) is 6.70. The zero-order valence-electron chi connectivity index (χ0n) is 15.4. The number of anilines is 1. The smallest absolute Gasteiger partial charge is 0.244 e. The predicted molar refractivity (Wildman–Crippen MR) is 97.4 cm³/mol. The minimum atomic E-state index is -0.246. The standard InChI is InChI=1S/C18H26N6O/c1-14-19-20-18(22(14)4)24-12-10-23(11-13-24)17(25)16(21(2)3)15-8-6-5-7-9-15/h5-9,16H,10-13H2,1-4H3/t16-/m1/s1. The monoisotopic (exact) mass is 342 g/mol. The van der Waals surface area contributed by atoms with Gasteiger partial charge < -0.3 is 14.4 Å². The Bertz CT molecular complexity index is 718. The number of piperazine rings is 1. The van der Waals surface area contributed by atoms with E-state index in [0.29, 0.717) is 13.1 Å². The van der Waals surface area contributed by atoms with Gasteiger partial charge in [-0.2, -0.15) is 0 Å². The van der Waals surface area contributed by atoms with E-state index < -0.39 is 0 Å². The Morgan fingerprint density at radius 2 is 1.72 bits per heavy atom. The van der Waals surface area contributed by atoms with Crippen LogP contribution in [0.1, 0.15) is 17.4 Å². The molecule has 0 N–H and O–H groups in total. The summed E-state index contributed by atoms with van der Waals surface area (Å²) in [6.45, 7) is 4.88. The zero-order chi connectivity index (χ0) is 18.0. The van der Waals surface area contributed by atoms with Crippen molar-refractivity contribution in [1.29, 1.82) is 0 Å². The maximum absolute atomic E-state index is 13.1. The second-order valence-electron chi connectivity index (χ2n) is 6.70. The molecule has 1 aliphatic rings. The number of rotatable bonds is 4. The van der Waals surface area contributed by atoms with Gasteiger partial charge >= 0.3 is 0 Å². The van der Waals surface area contributed by atoms with E-state index in [1.54, 1.807) is 0 Å². The summed E-state index contributed by atoms with van der Waals surface area (Å²) in [6.07, 6.45) is 0. The van der Waals surface area contributed by atoms with Crippen LogP contribution < -0.4 is 4.90 Å².